The zero-order chi connectivity index (χ0) is 53.5. The molecule has 0 amide bonds. The first-order chi connectivity index (χ1) is 40.2. The Morgan fingerprint density at radius 1 is 0.235 bits per heavy atom. The topological polar surface area (TPSA) is 82.3 Å². The molecule has 14 aromatic rings. The predicted molar refractivity (Wildman–Crippen MR) is 334 cm³/mol. The zero-order valence-corrected chi connectivity index (χ0v) is 43.8. The van der Waals surface area contributed by atoms with Gasteiger partial charge in [-0.1, -0.05) is 261 Å². The van der Waals surface area contributed by atoms with Gasteiger partial charge in [-0.05, 0) is 68.8 Å². The van der Waals surface area contributed by atoms with E-state index in [4.69, 9.17) is 29.9 Å². The number of hydrogen-bond donors (Lipinski definition) is 0. The van der Waals surface area contributed by atoms with Crippen LogP contribution in [0.4, 0.5) is 0 Å². The summed E-state index contributed by atoms with van der Waals surface area (Å²) in [6.45, 7) is 0. The second-order valence-corrected chi connectivity index (χ2v) is 20.9. The van der Waals surface area contributed by atoms with Gasteiger partial charge in [-0.25, -0.2) is 29.9 Å². The molecule has 0 fully saturated rings. The van der Waals surface area contributed by atoms with Gasteiger partial charge >= 0.3 is 0 Å². The summed E-state index contributed by atoms with van der Waals surface area (Å²) in [4.78, 5) is 32.1. The molecule has 2 aliphatic heterocycles. The molecular weight excluding hydrogens is 987 g/mol. The minimum atomic E-state index is -0.854. The zero-order valence-electron chi connectivity index (χ0n) is 43.8. The van der Waals surface area contributed by atoms with Gasteiger partial charge in [0, 0.05) is 51.3 Å². The summed E-state index contributed by atoms with van der Waals surface area (Å²) >= 11 is 0. The smallest absolute Gasteiger partial charge is 0.164 e. The number of nitrogens with zero attached hydrogens (tertiary/aromatic N) is 7. The minimum absolute atomic E-state index is 0. The van der Waals surface area contributed by atoms with Crippen LogP contribution in [0.25, 0.3) is 95.8 Å². The van der Waals surface area contributed by atoms with Crippen LogP contribution < -0.4 is 0 Å². The maximum absolute atomic E-state index is 5.44. The molecule has 7 heteroatoms. The number of para-hydroxylation sites is 1. The van der Waals surface area contributed by atoms with Gasteiger partial charge in [-0.2, -0.15) is 0 Å². The predicted octanol–water partition coefficient (Wildman–Crippen LogP) is 17.8. The summed E-state index contributed by atoms with van der Waals surface area (Å²) in [6, 6.07) is 102. The quantitative estimate of drug-likeness (QED) is 0.136. The van der Waals surface area contributed by atoms with E-state index in [0.717, 1.165) is 94.3 Å². The van der Waals surface area contributed by atoms with E-state index in [1.54, 1.807) is 0 Å². The number of hydrogen-bond acceptors (Lipinski definition) is 6. The van der Waals surface area contributed by atoms with Crippen LogP contribution in [0.5, 0.6) is 0 Å². The van der Waals surface area contributed by atoms with Crippen LogP contribution in [0.1, 0.15) is 51.6 Å². The van der Waals surface area contributed by atoms with Crippen molar-refractivity contribution in [3.05, 3.63) is 330 Å². The Morgan fingerprint density at radius 3 is 0.753 bits per heavy atom. The summed E-state index contributed by atoms with van der Waals surface area (Å²) in [5.41, 5.74) is 16.2. The molecule has 0 unspecified atom stereocenters. The van der Waals surface area contributed by atoms with E-state index in [2.05, 4.69) is 217 Å². The third kappa shape index (κ3) is 7.02. The average Bonchev–Trinajstić information content (AvgIpc) is 1.34. The molecule has 3 aromatic heterocycles. The van der Waals surface area contributed by atoms with Crippen LogP contribution in [0.15, 0.2) is 285 Å². The van der Waals surface area contributed by atoms with Crippen LogP contribution in [-0.4, -0.2) is 34.5 Å². The van der Waals surface area contributed by atoms with Gasteiger partial charge < -0.3 is 4.57 Å². The molecule has 16 rings (SSSR count). The molecule has 0 N–H and O–H groups in total. The lowest BCUT2D eigenvalue weighted by atomic mass is 9.58. The second kappa shape index (κ2) is 18.4. The standard InChI is InChI=1S/C74H47N7.5H2/c1-9-26-48(27-10-1)67-75-68(49-28-11-2-12-29-49)78-71(77-67)52-44-58-59-45-53(72-79-69(50-30-13-3-14-31-50)76-70(80-72)51-32-15-4-16-33-51)47-63-65(59)81-64(58)62(46-52)73(54-34-17-5-18-35-54,55-36-19-6-20-37-55)60-42-25-43-61(66(60)81)74(63,56-38-21-7-22-39-56)57-40-23-8-24-41-57;;;;;/h1-47H;5*1H. The largest absolute Gasteiger partial charge is 0.308 e. The summed E-state index contributed by atoms with van der Waals surface area (Å²) in [7, 11) is 0. The Kier molecular flexibility index (Phi) is 10.5. The fourth-order valence-electron chi connectivity index (χ4n) is 13.2. The van der Waals surface area contributed by atoms with Crippen molar-refractivity contribution in [1.29, 1.82) is 0 Å². The molecule has 0 bridgehead atoms. The molecule has 0 saturated heterocycles. The van der Waals surface area contributed by atoms with Crippen molar-refractivity contribution in [3.8, 4) is 74.0 Å². The number of benzene rings is 11. The fourth-order valence-corrected chi connectivity index (χ4v) is 13.2. The Bertz CT molecular complexity index is 4240. The van der Waals surface area contributed by atoms with Crippen LogP contribution in [0.2, 0.25) is 0 Å². The average molecular weight is 1040 g/mol. The van der Waals surface area contributed by atoms with E-state index < -0.39 is 10.8 Å². The Labute approximate surface area is 475 Å². The highest BCUT2D eigenvalue weighted by Crippen LogP contribution is 2.62. The van der Waals surface area contributed by atoms with Crippen molar-refractivity contribution in [2.75, 3.05) is 0 Å². The van der Waals surface area contributed by atoms with Crippen LogP contribution in [-0.2, 0) is 10.8 Å². The first-order valence-corrected chi connectivity index (χ1v) is 27.4. The number of fused-ring (bicyclic) bond motifs is 1. The number of aromatic nitrogens is 7. The summed E-state index contributed by atoms with van der Waals surface area (Å²) in [5, 5.41) is 2.11. The lowest BCUT2D eigenvalue weighted by molar-refractivity contribution is 0.684. The van der Waals surface area contributed by atoms with Crippen LogP contribution in [0.3, 0.4) is 0 Å². The minimum Gasteiger partial charge on any atom is -0.308 e. The molecule has 0 saturated carbocycles. The van der Waals surface area contributed by atoms with Crippen molar-refractivity contribution < 1.29 is 7.13 Å². The Balaban J connectivity index is 0.00000154. The van der Waals surface area contributed by atoms with Crippen LogP contribution in [0, 0.1) is 0 Å². The molecule has 0 atom stereocenters. The third-order valence-corrected chi connectivity index (χ3v) is 16.6. The molecule has 81 heavy (non-hydrogen) atoms. The molecule has 0 spiro atoms. The highest BCUT2D eigenvalue weighted by Gasteiger charge is 2.53. The second-order valence-electron chi connectivity index (χ2n) is 20.9. The van der Waals surface area contributed by atoms with Gasteiger partial charge in [0.2, 0.25) is 0 Å². The van der Waals surface area contributed by atoms with Crippen molar-refractivity contribution in [1.82, 2.24) is 34.5 Å². The van der Waals surface area contributed by atoms with Gasteiger partial charge in [0.25, 0.3) is 0 Å². The summed E-state index contributed by atoms with van der Waals surface area (Å²) in [6.07, 6.45) is 0. The lowest BCUT2D eigenvalue weighted by Gasteiger charge is -2.47. The maximum atomic E-state index is 5.44. The maximum Gasteiger partial charge on any atom is 0.164 e. The summed E-state index contributed by atoms with van der Waals surface area (Å²) < 4.78 is 2.60. The number of rotatable bonds is 10. The molecular formula is C74H57N7. The molecule has 0 radical (unpaired) electrons. The van der Waals surface area contributed by atoms with Crippen LogP contribution >= 0.6 is 0 Å². The first kappa shape index (κ1) is 46.3. The normalized spacial score (nSPS) is 13.4. The lowest BCUT2D eigenvalue weighted by Crippen LogP contribution is -2.41. The Hall–Kier alpha value is -10.8. The van der Waals surface area contributed by atoms with Gasteiger partial charge in [0.05, 0.1) is 27.6 Å². The van der Waals surface area contributed by atoms with Crippen molar-refractivity contribution in [2.24, 2.45) is 0 Å². The molecule has 5 heterocycles. The highest BCUT2D eigenvalue weighted by atomic mass is 15.1. The van der Waals surface area contributed by atoms with E-state index in [0.29, 0.717) is 34.9 Å². The molecule has 0 aliphatic carbocycles. The van der Waals surface area contributed by atoms with E-state index >= 15 is 0 Å². The van der Waals surface area contributed by atoms with Crippen molar-refractivity contribution in [3.63, 3.8) is 0 Å². The van der Waals surface area contributed by atoms with Gasteiger partial charge in [-0.3, -0.25) is 0 Å². The van der Waals surface area contributed by atoms with E-state index in [9.17, 15) is 0 Å². The SMILES string of the molecule is [HH].[HH].[HH].[HH].[HH].c1ccc(-c2nc(-c3ccccc3)nc(-c3cc4c5c(c3)c3cc(-c6nc(-c7ccccc7)nc(-c7ccccc7)n6)cc6c3n5-c3c(cccc3C6(c3ccccc3)c3ccccc3)C4(c3ccccc3)c3ccccc3)n2)cc1. The fraction of sp³-hybridized carbons (Fsp3) is 0.0270. The van der Waals surface area contributed by atoms with E-state index in [1.807, 2.05) is 72.8 Å². The Morgan fingerprint density at radius 2 is 0.481 bits per heavy atom. The van der Waals surface area contributed by atoms with E-state index in [-0.39, 0.29) is 7.13 Å². The highest BCUT2D eigenvalue weighted by molar-refractivity contribution is 6.17. The molecule has 7 nitrogen and oxygen atoms in total. The van der Waals surface area contributed by atoms with Gasteiger partial charge in [0.1, 0.15) is 0 Å². The van der Waals surface area contributed by atoms with Crippen molar-refractivity contribution >= 4 is 21.8 Å². The monoisotopic (exact) mass is 1040 g/mol. The first-order valence-electron chi connectivity index (χ1n) is 27.4. The molecule has 11 aromatic carbocycles. The molecule has 2 aliphatic rings. The van der Waals surface area contributed by atoms with Gasteiger partial charge in [-0.15, -0.1) is 0 Å². The molecule has 388 valence electrons. The van der Waals surface area contributed by atoms with Gasteiger partial charge in [0.15, 0.2) is 34.9 Å². The summed E-state index contributed by atoms with van der Waals surface area (Å²) in [5.74, 6) is 3.53. The van der Waals surface area contributed by atoms with E-state index in [1.165, 1.54) is 11.1 Å². The van der Waals surface area contributed by atoms with Crippen molar-refractivity contribution in [2.45, 2.75) is 10.8 Å². The third-order valence-electron chi connectivity index (χ3n) is 16.6.